The van der Waals surface area contributed by atoms with Crippen LogP contribution in [0.3, 0.4) is 0 Å². The summed E-state index contributed by atoms with van der Waals surface area (Å²) in [5, 5.41) is 18.0. The van der Waals surface area contributed by atoms with Crippen molar-refractivity contribution < 1.29 is 14.2 Å². The fourth-order valence-electron chi connectivity index (χ4n) is 7.41. The Labute approximate surface area is 252 Å². The number of benzene rings is 2. The number of aliphatic hydroxyl groups is 1. The van der Waals surface area contributed by atoms with Gasteiger partial charge in [-0.25, -0.2) is 14.4 Å². The molecule has 2 aromatic carbocycles. The first kappa shape index (κ1) is 29.6. The van der Waals surface area contributed by atoms with Crippen LogP contribution in [0.2, 0.25) is 0 Å². The molecule has 2 heterocycles. The number of aryl methyl sites for hydroxylation is 2. The van der Waals surface area contributed by atoms with Gasteiger partial charge in [-0.15, -0.1) is 0 Å². The molecule has 3 aliphatic carbocycles. The Bertz CT molecular complexity index is 1570. The van der Waals surface area contributed by atoms with Crippen molar-refractivity contribution in [2.45, 2.75) is 58.7 Å². The summed E-state index contributed by atoms with van der Waals surface area (Å²) in [6.45, 7) is 9.83. The molecule has 0 unspecified atom stereocenters. The Kier molecular flexibility index (Phi) is 8.17. The van der Waals surface area contributed by atoms with Gasteiger partial charge in [0.05, 0.1) is 30.4 Å². The lowest BCUT2D eigenvalue weighted by atomic mass is 9.44. The summed E-state index contributed by atoms with van der Waals surface area (Å²) < 4.78 is 21.0. The van der Waals surface area contributed by atoms with Crippen LogP contribution in [0, 0.1) is 29.0 Å². The summed E-state index contributed by atoms with van der Waals surface area (Å²) in [5.74, 6) is 2.19. The average molecular weight is 591 g/mol. The maximum atomic E-state index is 14.4. The number of rotatable bonds is 7. The van der Waals surface area contributed by atoms with Gasteiger partial charge in [0.2, 0.25) is 0 Å². The molecular weight excluding hydrogens is 547 g/mol. The number of nitrogens with one attached hydrogen (secondary N) is 2. The van der Waals surface area contributed by atoms with Crippen LogP contribution in [0.25, 0.3) is 10.9 Å². The van der Waals surface area contributed by atoms with Crippen LogP contribution in [0.15, 0.2) is 52.5 Å². The molecule has 2 bridgehead atoms. The van der Waals surface area contributed by atoms with Gasteiger partial charge in [0.1, 0.15) is 11.6 Å². The predicted octanol–water partition coefficient (Wildman–Crippen LogP) is 3.89. The Morgan fingerprint density at radius 3 is 2.81 bits per heavy atom. The highest BCUT2D eigenvalue weighted by Gasteiger charge is 2.57. The van der Waals surface area contributed by atoms with E-state index in [2.05, 4.69) is 41.3 Å². The molecule has 4 aliphatic rings. The number of fused-ring (bicyclic) bond motifs is 3. The topological polar surface area (TPSA) is 104 Å². The molecular formula is C33H43FN6O3. The van der Waals surface area contributed by atoms with Gasteiger partial charge >= 0.3 is 0 Å². The minimum atomic E-state index is -0.354. The Morgan fingerprint density at radius 1 is 1.26 bits per heavy atom. The number of halogens is 1. The number of nitrogens with zero attached hydrogens (tertiary/aromatic N) is 4. The van der Waals surface area contributed by atoms with Crippen molar-refractivity contribution >= 4 is 22.5 Å². The number of anilines is 1. The Balaban J connectivity index is 1.23. The van der Waals surface area contributed by atoms with Gasteiger partial charge in [-0.05, 0) is 73.3 Å². The van der Waals surface area contributed by atoms with Gasteiger partial charge in [0.25, 0.3) is 5.56 Å². The van der Waals surface area contributed by atoms with Crippen LogP contribution >= 0.6 is 0 Å². The zero-order valence-electron chi connectivity index (χ0n) is 25.5. The average Bonchev–Trinajstić information content (AvgIpc) is 3.00. The molecule has 3 saturated carbocycles. The molecule has 0 spiro atoms. The number of methoxy groups -OCH3 is 1. The van der Waals surface area contributed by atoms with Crippen molar-refractivity contribution in [1.29, 1.82) is 0 Å². The summed E-state index contributed by atoms with van der Waals surface area (Å²) in [5.41, 5.74) is 2.01. The van der Waals surface area contributed by atoms with Crippen molar-refractivity contribution in [3.63, 3.8) is 0 Å². The quantitative estimate of drug-likeness (QED) is 0.283. The molecule has 3 aromatic rings. The van der Waals surface area contributed by atoms with E-state index in [-0.39, 0.29) is 35.4 Å². The van der Waals surface area contributed by atoms with Gasteiger partial charge in [-0.3, -0.25) is 9.36 Å². The van der Waals surface area contributed by atoms with E-state index in [4.69, 9.17) is 9.73 Å². The van der Waals surface area contributed by atoms with E-state index in [0.29, 0.717) is 53.1 Å². The summed E-state index contributed by atoms with van der Waals surface area (Å²) >= 11 is 0. The number of aliphatic imine (C=N–C) groups is 1. The van der Waals surface area contributed by atoms with Crippen LogP contribution in [0.5, 0.6) is 5.75 Å². The minimum Gasteiger partial charge on any atom is -0.497 e. The maximum Gasteiger partial charge on any atom is 0.261 e. The lowest BCUT2D eigenvalue weighted by Crippen LogP contribution is -2.59. The third kappa shape index (κ3) is 5.74. The number of aromatic nitrogens is 2. The highest BCUT2D eigenvalue weighted by atomic mass is 19.1. The van der Waals surface area contributed by atoms with Crippen molar-refractivity contribution in [3.8, 4) is 5.75 Å². The predicted molar refractivity (Wildman–Crippen MR) is 167 cm³/mol. The second kappa shape index (κ2) is 11.9. The summed E-state index contributed by atoms with van der Waals surface area (Å²) in [6.07, 6.45) is 4.06. The number of hydrogen-bond donors (Lipinski definition) is 3. The van der Waals surface area contributed by atoms with Crippen LogP contribution in [0.4, 0.5) is 10.1 Å². The van der Waals surface area contributed by atoms with Gasteiger partial charge in [0, 0.05) is 56.5 Å². The van der Waals surface area contributed by atoms with Gasteiger partial charge in [0.15, 0.2) is 5.96 Å². The van der Waals surface area contributed by atoms with Crippen LogP contribution < -0.4 is 20.9 Å². The second-order valence-corrected chi connectivity index (χ2v) is 13.1. The fraction of sp³-hybridized carbons (Fsp3) is 0.545. The zero-order valence-corrected chi connectivity index (χ0v) is 25.5. The van der Waals surface area contributed by atoms with Crippen molar-refractivity contribution in [2.75, 3.05) is 38.7 Å². The molecule has 3 N–H and O–H groups in total. The van der Waals surface area contributed by atoms with Gasteiger partial charge in [-0.2, -0.15) is 0 Å². The third-order valence-corrected chi connectivity index (χ3v) is 10.2. The van der Waals surface area contributed by atoms with Crippen LogP contribution in [-0.2, 0) is 13.0 Å². The molecule has 1 aliphatic heterocycles. The molecule has 7 rings (SSSR count). The summed E-state index contributed by atoms with van der Waals surface area (Å²) in [6, 6.07) is 10.7. The van der Waals surface area contributed by atoms with E-state index < -0.39 is 0 Å². The molecule has 5 atom stereocenters. The molecule has 1 aromatic heterocycles. The molecule has 0 radical (unpaired) electrons. The molecule has 10 heteroatoms. The van der Waals surface area contributed by atoms with E-state index >= 15 is 0 Å². The summed E-state index contributed by atoms with van der Waals surface area (Å²) in [4.78, 5) is 25.5. The number of aliphatic hydroxyl groups excluding tert-OH is 1. The minimum absolute atomic E-state index is 0.0655. The lowest BCUT2D eigenvalue weighted by molar-refractivity contribution is -0.125. The first-order chi connectivity index (χ1) is 20.7. The molecule has 43 heavy (non-hydrogen) atoms. The molecule has 230 valence electrons. The van der Waals surface area contributed by atoms with Gasteiger partial charge < -0.3 is 25.4 Å². The van der Waals surface area contributed by atoms with E-state index in [0.717, 1.165) is 37.7 Å². The normalized spacial score (nSPS) is 26.7. The van der Waals surface area contributed by atoms with Gasteiger partial charge in [-0.1, -0.05) is 19.9 Å². The standard InChI is InChI=1S/C33H43FN6O3/c1-20-17-39(12-10-35-20)32(38-30-14-22-13-27(26(30)18-41)33(22,2)3)37-23-6-8-25-29(15-23)36-19-40(31(25)42)11-9-21-5-7-24(43-4)16-28(21)34/h5-8,15-16,19-20,22,26-27,30,35,41H,9-14,17-18H2,1-4H3,(H,37,38)/t20-,22-,26-,27+,30-/m0/s1. The molecule has 9 nitrogen and oxygen atoms in total. The van der Waals surface area contributed by atoms with Crippen LogP contribution in [-0.4, -0.2) is 71.0 Å². The number of ether oxygens (including phenoxy) is 1. The largest absolute Gasteiger partial charge is 0.497 e. The third-order valence-electron chi connectivity index (χ3n) is 10.2. The molecule has 0 amide bonds. The smallest absolute Gasteiger partial charge is 0.261 e. The van der Waals surface area contributed by atoms with E-state index in [9.17, 15) is 14.3 Å². The molecule has 1 saturated heterocycles. The SMILES string of the molecule is COc1ccc(CCn2cnc3cc(NC(=N[C@H]4C[C@@H]5C[C@H]([C@@H]4CO)C5(C)C)N4CCN[C@@H](C)C4)ccc3c2=O)c(F)c1. The highest BCUT2D eigenvalue weighted by molar-refractivity contribution is 5.96. The lowest BCUT2D eigenvalue weighted by Gasteiger charge is -2.61. The van der Waals surface area contributed by atoms with Crippen molar-refractivity contribution in [2.24, 2.45) is 28.2 Å². The molecule has 4 fully saturated rings. The van der Waals surface area contributed by atoms with Crippen molar-refractivity contribution in [3.05, 3.63) is 64.5 Å². The number of hydrogen-bond acceptors (Lipinski definition) is 6. The fourth-order valence-corrected chi connectivity index (χ4v) is 7.41. The highest BCUT2D eigenvalue weighted by Crippen LogP contribution is 2.61. The Morgan fingerprint density at radius 2 is 2.09 bits per heavy atom. The van der Waals surface area contributed by atoms with Crippen molar-refractivity contribution in [1.82, 2.24) is 19.8 Å². The maximum absolute atomic E-state index is 14.4. The number of guanidine groups is 1. The zero-order chi connectivity index (χ0) is 30.3. The summed E-state index contributed by atoms with van der Waals surface area (Å²) in [7, 11) is 1.50. The monoisotopic (exact) mass is 590 g/mol. The van der Waals surface area contributed by atoms with Crippen LogP contribution in [0.1, 0.15) is 39.2 Å². The number of piperazine rings is 1. The Hall–Kier alpha value is -3.50. The first-order valence-electron chi connectivity index (χ1n) is 15.4. The first-order valence-corrected chi connectivity index (χ1v) is 15.4. The van der Waals surface area contributed by atoms with E-state index in [1.54, 1.807) is 18.2 Å². The van der Waals surface area contributed by atoms with E-state index in [1.807, 2.05) is 12.1 Å². The van der Waals surface area contributed by atoms with E-state index in [1.165, 1.54) is 30.5 Å². The second-order valence-electron chi connectivity index (χ2n) is 13.1.